The van der Waals surface area contributed by atoms with E-state index < -0.39 is 0 Å². The molecule has 3 rings (SSSR count). The normalized spacial score (nSPS) is 10.6. The third kappa shape index (κ3) is 3.81. The van der Waals surface area contributed by atoms with Gasteiger partial charge in [0.1, 0.15) is 16.5 Å². The number of carbonyl (C=O) groups excluding carboxylic acids is 1. The number of hydrogen-bond acceptors (Lipinski definition) is 6. The van der Waals surface area contributed by atoms with Crippen LogP contribution in [0.4, 0.5) is 5.82 Å². The Morgan fingerprint density at radius 3 is 2.79 bits per heavy atom. The first-order chi connectivity index (χ1) is 11.5. The standard InChI is InChI=1S/C15H11Cl2N5OS/c16-9-2-1-8(5-10(9)17)11-6-12(24-22-11)15(23)20-7-14-19-4-3-13(18)21-14/h1-6H,7H2,(H,20,23)(H2,18,19,21). The second kappa shape index (κ2) is 7.12. The molecule has 0 aliphatic carbocycles. The highest BCUT2D eigenvalue weighted by atomic mass is 35.5. The van der Waals surface area contributed by atoms with Crippen molar-refractivity contribution in [2.24, 2.45) is 0 Å². The average Bonchev–Trinajstić information content (AvgIpc) is 3.05. The van der Waals surface area contributed by atoms with E-state index in [0.717, 1.165) is 17.1 Å². The number of benzene rings is 1. The maximum Gasteiger partial charge on any atom is 0.263 e. The van der Waals surface area contributed by atoms with Crippen LogP contribution in [0, 0.1) is 0 Å². The number of nitrogens with zero attached hydrogens (tertiary/aromatic N) is 3. The quantitative estimate of drug-likeness (QED) is 0.723. The molecule has 122 valence electrons. The molecular weight excluding hydrogens is 369 g/mol. The van der Waals surface area contributed by atoms with Crippen molar-refractivity contribution in [3.63, 3.8) is 0 Å². The van der Waals surface area contributed by atoms with Crippen LogP contribution in [0.1, 0.15) is 15.5 Å². The van der Waals surface area contributed by atoms with Gasteiger partial charge >= 0.3 is 0 Å². The minimum atomic E-state index is -0.259. The molecule has 0 radical (unpaired) electrons. The van der Waals surface area contributed by atoms with Crippen molar-refractivity contribution in [3.8, 4) is 11.3 Å². The van der Waals surface area contributed by atoms with E-state index in [1.807, 2.05) is 0 Å². The number of amides is 1. The molecule has 0 aliphatic rings. The Bertz CT molecular complexity index is 899. The lowest BCUT2D eigenvalue weighted by atomic mass is 10.1. The number of nitrogens with one attached hydrogen (secondary N) is 1. The number of rotatable bonds is 4. The second-order valence-electron chi connectivity index (χ2n) is 4.79. The van der Waals surface area contributed by atoms with Crippen LogP contribution in [-0.2, 0) is 6.54 Å². The van der Waals surface area contributed by atoms with Crippen LogP contribution in [0.15, 0.2) is 36.5 Å². The fourth-order valence-electron chi connectivity index (χ4n) is 1.92. The van der Waals surface area contributed by atoms with Gasteiger partial charge in [-0.2, -0.15) is 4.37 Å². The van der Waals surface area contributed by atoms with Gasteiger partial charge in [-0.3, -0.25) is 4.79 Å². The van der Waals surface area contributed by atoms with Gasteiger partial charge in [0.2, 0.25) is 0 Å². The van der Waals surface area contributed by atoms with Gasteiger partial charge in [-0.1, -0.05) is 29.3 Å². The van der Waals surface area contributed by atoms with Crippen molar-refractivity contribution >= 4 is 46.5 Å². The van der Waals surface area contributed by atoms with E-state index in [4.69, 9.17) is 28.9 Å². The molecule has 0 bridgehead atoms. The van der Waals surface area contributed by atoms with E-state index in [0.29, 0.717) is 32.3 Å². The minimum absolute atomic E-state index is 0.184. The van der Waals surface area contributed by atoms with Crippen molar-refractivity contribution in [1.82, 2.24) is 19.7 Å². The monoisotopic (exact) mass is 379 g/mol. The summed E-state index contributed by atoms with van der Waals surface area (Å²) < 4.78 is 4.28. The lowest BCUT2D eigenvalue weighted by Crippen LogP contribution is -2.23. The first kappa shape index (κ1) is 16.6. The van der Waals surface area contributed by atoms with E-state index >= 15 is 0 Å². The Kier molecular flexibility index (Phi) is 4.94. The number of carbonyl (C=O) groups is 1. The summed E-state index contributed by atoms with van der Waals surface area (Å²) in [6, 6.07) is 8.47. The molecule has 0 saturated heterocycles. The predicted molar refractivity (Wildman–Crippen MR) is 95.2 cm³/mol. The van der Waals surface area contributed by atoms with Gasteiger partial charge in [-0.15, -0.1) is 0 Å². The van der Waals surface area contributed by atoms with Gasteiger partial charge in [0.05, 0.1) is 22.3 Å². The van der Waals surface area contributed by atoms with E-state index in [9.17, 15) is 4.79 Å². The molecule has 0 spiro atoms. The maximum atomic E-state index is 12.2. The number of halogens is 2. The van der Waals surface area contributed by atoms with Crippen LogP contribution in [0.25, 0.3) is 11.3 Å². The van der Waals surface area contributed by atoms with Gasteiger partial charge in [0.25, 0.3) is 5.91 Å². The summed E-state index contributed by atoms with van der Waals surface area (Å²) >= 11 is 13.0. The van der Waals surface area contributed by atoms with Crippen LogP contribution in [0.2, 0.25) is 10.0 Å². The third-order valence-corrected chi connectivity index (χ3v) is 4.61. The maximum absolute atomic E-state index is 12.2. The molecule has 1 aromatic carbocycles. The molecule has 3 aromatic rings. The molecule has 0 fully saturated rings. The highest BCUT2D eigenvalue weighted by Crippen LogP contribution is 2.29. The molecule has 2 heterocycles. The first-order valence-corrected chi connectivity index (χ1v) is 8.33. The summed E-state index contributed by atoms with van der Waals surface area (Å²) in [5.74, 6) is 0.538. The number of nitrogen functional groups attached to an aromatic ring is 1. The van der Waals surface area contributed by atoms with E-state index in [1.165, 1.54) is 0 Å². The van der Waals surface area contributed by atoms with Crippen molar-refractivity contribution in [1.29, 1.82) is 0 Å². The van der Waals surface area contributed by atoms with Gasteiger partial charge in [0.15, 0.2) is 0 Å². The molecule has 24 heavy (non-hydrogen) atoms. The van der Waals surface area contributed by atoms with E-state index in [2.05, 4.69) is 19.7 Å². The minimum Gasteiger partial charge on any atom is -0.384 e. The molecule has 0 atom stereocenters. The molecule has 0 aliphatic heterocycles. The van der Waals surface area contributed by atoms with Crippen molar-refractivity contribution in [3.05, 3.63) is 57.3 Å². The highest BCUT2D eigenvalue weighted by molar-refractivity contribution is 7.08. The topological polar surface area (TPSA) is 93.8 Å². The van der Waals surface area contributed by atoms with Crippen LogP contribution < -0.4 is 11.1 Å². The van der Waals surface area contributed by atoms with Crippen LogP contribution in [-0.4, -0.2) is 20.2 Å². The molecule has 3 N–H and O–H groups in total. The van der Waals surface area contributed by atoms with Gasteiger partial charge in [-0.25, -0.2) is 9.97 Å². The summed E-state index contributed by atoms with van der Waals surface area (Å²) in [6.45, 7) is 0.184. The molecule has 2 aromatic heterocycles. The van der Waals surface area contributed by atoms with Crippen LogP contribution in [0.5, 0.6) is 0 Å². The molecule has 0 saturated carbocycles. The smallest absolute Gasteiger partial charge is 0.263 e. The van der Waals surface area contributed by atoms with Crippen molar-refractivity contribution in [2.45, 2.75) is 6.54 Å². The summed E-state index contributed by atoms with van der Waals surface area (Å²) in [7, 11) is 0. The Morgan fingerprint density at radius 1 is 1.21 bits per heavy atom. The fraction of sp³-hybridized carbons (Fsp3) is 0.0667. The predicted octanol–water partition coefficient (Wildman–Crippen LogP) is 3.42. The van der Waals surface area contributed by atoms with Crippen molar-refractivity contribution < 1.29 is 4.79 Å². The Balaban J connectivity index is 1.70. The molecule has 1 amide bonds. The Hall–Kier alpha value is -2.22. The lowest BCUT2D eigenvalue weighted by Gasteiger charge is -2.02. The summed E-state index contributed by atoms with van der Waals surface area (Å²) in [5.41, 5.74) is 7.02. The van der Waals surface area contributed by atoms with Gasteiger partial charge in [0, 0.05) is 11.8 Å². The number of anilines is 1. The summed E-state index contributed by atoms with van der Waals surface area (Å²) in [4.78, 5) is 20.7. The second-order valence-corrected chi connectivity index (χ2v) is 6.41. The van der Waals surface area contributed by atoms with Gasteiger partial charge < -0.3 is 11.1 Å². The van der Waals surface area contributed by atoms with Crippen LogP contribution >= 0.6 is 34.7 Å². The molecular formula is C15H11Cl2N5OS. The summed E-state index contributed by atoms with van der Waals surface area (Å²) in [5, 5.41) is 3.64. The number of hydrogen-bond donors (Lipinski definition) is 2. The lowest BCUT2D eigenvalue weighted by molar-refractivity contribution is 0.0954. The molecule has 6 nitrogen and oxygen atoms in total. The van der Waals surface area contributed by atoms with Crippen LogP contribution in [0.3, 0.4) is 0 Å². The zero-order valence-corrected chi connectivity index (χ0v) is 14.5. The van der Waals surface area contributed by atoms with E-state index in [1.54, 1.807) is 36.5 Å². The Morgan fingerprint density at radius 2 is 2.04 bits per heavy atom. The third-order valence-electron chi connectivity index (χ3n) is 3.08. The zero-order chi connectivity index (χ0) is 17.1. The van der Waals surface area contributed by atoms with Gasteiger partial charge in [-0.05, 0) is 35.8 Å². The zero-order valence-electron chi connectivity index (χ0n) is 12.2. The highest BCUT2D eigenvalue weighted by Gasteiger charge is 2.13. The fourth-order valence-corrected chi connectivity index (χ4v) is 2.89. The average molecular weight is 380 g/mol. The van der Waals surface area contributed by atoms with Crippen molar-refractivity contribution in [2.75, 3.05) is 5.73 Å². The number of aromatic nitrogens is 3. The van der Waals surface area contributed by atoms with E-state index in [-0.39, 0.29) is 12.5 Å². The Labute approximate surface area is 151 Å². The first-order valence-electron chi connectivity index (χ1n) is 6.80. The molecule has 0 unspecified atom stereocenters. The molecule has 9 heteroatoms. The summed E-state index contributed by atoms with van der Waals surface area (Å²) in [6.07, 6.45) is 1.54. The number of nitrogens with two attached hydrogens (primary N) is 1. The SMILES string of the molecule is Nc1ccnc(CNC(=O)c2cc(-c3ccc(Cl)c(Cl)c3)ns2)n1. The largest absolute Gasteiger partial charge is 0.384 e.